The SMILES string of the molecule is COc1ccc(C(=O)Nc2cccc(NC(=O)c3ccccc3Br)c2)cc1[N+](=O)[O-]. The van der Waals surface area contributed by atoms with Crippen LogP contribution in [-0.2, 0) is 0 Å². The Hall–Kier alpha value is -3.72. The largest absolute Gasteiger partial charge is 0.490 e. The molecule has 3 aromatic carbocycles. The number of carbonyl (C=O) groups is 2. The number of ether oxygens (including phenoxy) is 1. The highest BCUT2D eigenvalue weighted by atomic mass is 79.9. The molecule has 0 aliphatic rings. The van der Waals surface area contributed by atoms with E-state index in [1.807, 2.05) is 0 Å². The van der Waals surface area contributed by atoms with Gasteiger partial charge in [-0.25, -0.2) is 0 Å². The van der Waals surface area contributed by atoms with E-state index in [-0.39, 0.29) is 22.9 Å². The number of benzene rings is 3. The summed E-state index contributed by atoms with van der Waals surface area (Å²) in [6.07, 6.45) is 0. The molecule has 0 heterocycles. The van der Waals surface area contributed by atoms with Gasteiger partial charge in [0.25, 0.3) is 11.8 Å². The van der Waals surface area contributed by atoms with E-state index in [9.17, 15) is 19.7 Å². The lowest BCUT2D eigenvalue weighted by atomic mass is 10.1. The number of nitro benzene ring substituents is 1. The van der Waals surface area contributed by atoms with Gasteiger partial charge in [-0.05, 0) is 58.4 Å². The molecule has 30 heavy (non-hydrogen) atoms. The molecule has 0 radical (unpaired) electrons. The standard InChI is InChI=1S/C21H16BrN3O5/c1-30-19-10-9-13(11-18(19)25(28)29)20(26)23-14-5-4-6-15(12-14)24-21(27)16-7-2-3-8-17(16)22/h2-12H,1H3,(H,23,26)(H,24,27). The molecule has 0 spiro atoms. The number of carbonyl (C=O) groups excluding carboxylic acids is 2. The molecule has 0 saturated carbocycles. The molecule has 2 N–H and O–H groups in total. The Kier molecular flexibility index (Phi) is 6.43. The van der Waals surface area contributed by atoms with Crippen molar-refractivity contribution in [1.29, 1.82) is 0 Å². The highest BCUT2D eigenvalue weighted by molar-refractivity contribution is 9.10. The Bertz CT molecular complexity index is 1130. The minimum absolute atomic E-state index is 0.0633. The molecule has 2 amide bonds. The average Bonchev–Trinajstić information content (AvgIpc) is 2.73. The van der Waals surface area contributed by atoms with Crippen molar-refractivity contribution in [2.24, 2.45) is 0 Å². The summed E-state index contributed by atoms with van der Waals surface area (Å²) in [7, 11) is 1.32. The van der Waals surface area contributed by atoms with Crippen LogP contribution in [0.3, 0.4) is 0 Å². The van der Waals surface area contributed by atoms with Crippen LogP contribution in [0.15, 0.2) is 71.2 Å². The Balaban J connectivity index is 1.76. The molecule has 3 rings (SSSR count). The van der Waals surface area contributed by atoms with Crippen molar-refractivity contribution in [2.45, 2.75) is 0 Å². The summed E-state index contributed by atoms with van der Waals surface area (Å²) in [5.74, 6) is -0.778. The number of amides is 2. The van der Waals surface area contributed by atoms with Gasteiger partial charge in [-0.15, -0.1) is 0 Å². The van der Waals surface area contributed by atoms with E-state index in [1.165, 1.54) is 19.2 Å². The van der Waals surface area contributed by atoms with Crippen molar-refractivity contribution in [3.8, 4) is 5.75 Å². The van der Waals surface area contributed by atoms with Gasteiger partial charge >= 0.3 is 5.69 Å². The maximum absolute atomic E-state index is 12.5. The first-order valence-corrected chi connectivity index (χ1v) is 9.48. The normalized spacial score (nSPS) is 10.2. The molecule has 0 atom stereocenters. The lowest BCUT2D eigenvalue weighted by molar-refractivity contribution is -0.385. The van der Waals surface area contributed by atoms with Crippen LogP contribution in [-0.4, -0.2) is 23.8 Å². The quantitative estimate of drug-likeness (QED) is 0.395. The van der Waals surface area contributed by atoms with E-state index in [2.05, 4.69) is 26.6 Å². The minimum Gasteiger partial charge on any atom is -0.490 e. The van der Waals surface area contributed by atoms with Gasteiger partial charge in [-0.1, -0.05) is 18.2 Å². The summed E-state index contributed by atoms with van der Waals surface area (Å²) in [6, 6.07) is 17.5. The van der Waals surface area contributed by atoms with Crippen LogP contribution in [0.4, 0.5) is 17.1 Å². The summed E-state index contributed by atoms with van der Waals surface area (Å²) >= 11 is 3.33. The monoisotopic (exact) mass is 469 g/mol. The molecule has 0 aliphatic heterocycles. The third kappa shape index (κ3) is 4.81. The first-order valence-electron chi connectivity index (χ1n) is 8.69. The lowest BCUT2D eigenvalue weighted by Crippen LogP contribution is -2.14. The Labute approximate surface area is 180 Å². The van der Waals surface area contributed by atoms with Crippen molar-refractivity contribution in [3.63, 3.8) is 0 Å². The lowest BCUT2D eigenvalue weighted by Gasteiger charge is -2.10. The molecule has 0 saturated heterocycles. The van der Waals surface area contributed by atoms with Gasteiger partial charge in [0, 0.05) is 27.5 Å². The van der Waals surface area contributed by atoms with Gasteiger partial charge < -0.3 is 15.4 Å². The predicted octanol–water partition coefficient (Wildman–Crippen LogP) is 4.87. The molecular weight excluding hydrogens is 454 g/mol. The first-order chi connectivity index (χ1) is 14.4. The van der Waals surface area contributed by atoms with Gasteiger partial charge in [0.15, 0.2) is 5.75 Å². The van der Waals surface area contributed by atoms with Gasteiger partial charge in [0.05, 0.1) is 17.6 Å². The summed E-state index contributed by atoms with van der Waals surface area (Å²) in [6.45, 7) is 0. The van der Waals surface area contributed by atoms with E-state index in [0.717, 1.165) is 6.07 Å². The summed E-state index contributed by atoms with van der Waals surface area (Å²) in [5.41, 5.74) is 1.17. The Morgan fingerprint density at radius 3 is 2.23 bits per heavy atom. The van der Waals surface area contributed by atoms with Crippen molar-refractivity contribution < 1.29 is 19.2 Å². The number of rotatable bonds is 6. The van der Waals surface area contributed by atoms with Crippen molar-refractivity contribution >= 4 is 44.8 Å². The van der Waals surface area contributed by atoms with Crippen LogP contribution in [0.25, 0.3) is 0 Å². The second-order valence-corrected chi connectivity index (χ2v) is 6.97. The smallest absolute Gasteiger partial charge is 0.311 e. The van der Waals surface area contributed by atoms with Gasteiger partial charge in [-0.3, -0.25) is 19.7 Å². The Morgan fingerprint density at radius 1 is 0.933 bits per heavy atom. The van der Waals surface area contributed by atoms with Crippen molar-refractivity contribution in [3.05, 3.63) is 92.4 Å². The topological polar surface area (TPSA) is 111 Å². The number of halogens is 1. The number of hydrogen-bond acceptors (Lipinski definition) is 5. The molecular formula is C21H16BrN3O5. The van der Waals surface area contributed by atoms with Crippen LogP contribution in [0, 0.1) is 10.1 Å². The minimum atomic E-state index is -0.618. The van der Waals surface area contributed by atoms with Crippen LogP contribution < -0.4 is 15.4 Å². The van der Waals surface area contributed by atoms with Crippen LogP contribution >= 0.6 is 15.9 Å². The fourth-order valence-corrected chi connectivity index (χ4v) is 3.16. The highest BCUT2D eigenvalue weighted by Gasteiger charge is 2.18. The number of anilines is 2. The molecule has 0 bridgehead atoms. The second-order valence-electron chi connectivity index (χ2n) is 6.11. The van der Waals surface area contributed by atoms with Crippen LogP contribution in [0.5, 0.6) is 5.75 Å². The molecule has 0 aromatic heterocycles. The third-order valence-electron chi connectivity index (χ3n) is 4.13. The zero-order valence-corrected chi connectivity index (χ0v) is 17.3. The average molecular weight is 470 g/mol. The predicted molar refractivity (Wildman–Crippen MR) is 116 cm³/mol. The van der Waals surface area contributed by atoms with E-state index in [1.54, 1.807) is 48.5 Å². The van der Waals surface area contributed by atoms with Gasteiger partial charge in [0.1, 0.15) is 0 Å². The zero-order valence-electron chi connectivity index (χ0n) is 15.7. The third-order valence-corrected chi connectivity index (χ3v) is 4.83. The summed E-state index contributed by atoms with van der Waals surface area (Å²) < 4.78 is 5.60. The Morgan fingerprint density at radius 2 is 1.60 bits per heavy atom. The first kappa shape index (κ1) is 21.0. The zero-order chi connectivity index (χ0) is 21.7. The maximum atomic E-state index is 12.5. The molecule has 9 heteroatoms. The van der Waals surface area contributed by atoms with Crippen LogP contribution in [0.2, 0.25) is 0 Å². The number of methoxy groups -OCH3 is 1. The van der Waals surface area contributed by atoms with E-state index in [4.69, 9.17) is 4.74 Å². The summed E-state index contributed by atoms with van der Waals surface area (Å²) in [4.78, 5) is 35.5. The van der Waals surface area contributed by atoms with E-state index >= 15 is 0 Å². The molecule has 152 valence electrons. The van der Waals surface area contributed by atoms with Gasteiger partial charge in [0.2, 0.25) is 0 Å². The number of nitrogens with zero attached hydrogens (tertiary/aromatic N) is 1. The fraction of sp³-hybridized carbons (Fsp3) is 0.0476. The van der Waals surface area contributed by atoms with Crippen molar-refractivity contribution in [2.75, 3.05) is 17.7 Å². The molecule has 3 aromatic rings. The fourth-order valence-electron chi connectivity index (χ4n) is 2.70. The van der Waals surface area contributed by atoms with Crippen LogP contribution in [0.1, 0.15) is 20.7 Å². The number of hydrogen-bond donors (Lipinski definition) is 2. The number of nitro groups is 1. The summed E-state index contributed by atoms with van der Waals surface area (Å²) in [5, 5.41) is 16.6. The number of nitrogens with one attached hydrogen (secondary N) is 2. The van der Waals surface area contributed by atoms with Gasteiger partial charge in [-0.2, -0.15) is 0 Å². The maximum Gasteiger partial charge on any atom is 0.311 e. The second kappa shape index (κ2) is 9.19. The van der Waals surface area contributed by atoms with E-state index in [0.29, 0.717) is 21.4 Å². The highest BCUT2D eigenvalue weighted by Crippen LogP contribution is 2.28. The van der Waals surface area contributed by atoms with E-state index < -0.39 is 10.8 Å². The molecule has 8 nitrogen and oxygen atoms in total. The van der Waals surface area contributed by atoms with Crippen molar-refractivity contribution in [1.82, 2.24) is 0 Å². The molecule has 0 aliphatic carbocycles. The molecule has 0 fully saturated rings. The molecule has 0 unspecified atom stereocenters.